The summed E-state index contributed by atoms with van der Waals surface area (Å²) in [6.07, 6.45) is 1.93. The number of ether oxygens (including phenoxy) is 1. The first kappa shape index (κ1) is 17.6. The van der Waals surface area contributed by atoms with Gasteiger partial charge in [-0.05, 0) is 36.1 Å². The fourth-order valence-corrected chi connectivity index (χ4v) is 3.02. The van der Waals surface area contributed by atoms with Crippen molar-refractivity contribution in [3.05, 3.63) is 71.3 Å². The van der Waals surface area contributed by atoms with E-state index in [0.29, 0.717) is 6.54 Å². The smallest absolute Gasteiger partial charge is 0.251 e. The van der Waals surface area contributed by atoms with Gasteiger partial charge < -0.3 is 10.1 Å². The summed E-state index contributed by atoms with van der Waals surface area (Å²) >= 11 is 0. The molecule has 4 heteroatoms. The van der Waals surface area contributed by atoms with Crippen LogP contribution < -0.4 is 5.32 Å². The number of aryl methyl sites for hydroxylation is 1. The van der Waals surface area contributed by atoms with Gasteiger partial charge in [0.15, 0.2) is 0 Å². The minimum atomic E-state index is 0.00554. The fourth-order valence-electron chi connectivity index (χ4n) is 3.02. The number of benzene rings is 2. The Kier molecular flexibility index (Phi) is 6.60. The van der Waals surface area contributed by atoms with Crippen LogP contribution in [0.2, 0.25) is 0 Å². The van der Waals surface area contributed by atoms with Crippen LogP contribution in [0.1, 0.15) is 27.9 Å². The Bertz CT molecular complexity index is 649. The molecule has 0 radical (unpaired) electrons. The van der Waals surface area contributed by atoms with Crippen molar-refractivity contribution in [2.45, 2.75) is 19.4 Å². The summed E-state index contributed by atoms with van der Waals surface area (Å²) in [5.74, 6) is 0.00554. The van der Waals surface area contributed by atoms with Crippen molar-refractivity contribution in [2.75, 3.05) is 32.8 Å². The van der Waals surface area contributed by atoms with Crippen LogP contribution in [0.3, 0.4) is 0 Å². The summed E-state index contributed by atoms with van der Waals surface area (Å²) in [4.78, 5) is 14.6. The molecule has 2 aromatic rings. The first-order valence-corrected chi connectivity index (χ1v) is 9.02. The van der Waals surface area contributed by atoms with Crippen LogP contribution in [0.25, 0.3) is 0 Å². The zero-order chi connectivity index (χ0) is 17.3. The predicted molar refractivity (Wildman–Crippen MR) is 99.6 cm³/mol. The van der Waals surface area contributed by atoms with Crippen LogP contribution in [0.5, 0.6) is 0 Å². The molecule has 1 fully saturated rings. The van der Waals surface area contributed by atoms with Crippen LogP contribution in [-0.2, 0) is 17.7 Å². The van der Waals surface area contributed by atoms with Gasteiger partial charge in [0.1, 0.15) is 0 Å². The molecule has 1 heterocycles. The number of hydrogen-bond donors (Lipinski definition) is 1. The highest BCUT2D eigenvalue weighted by atomic mass is 16.5. The lowest BCUT2D eigenvalue weighted by Gasteiger charge is -2.26. The number of hydrogen-bond acceptors (Lipinski definition) is 3. The lowest BCUT2D eigenvalue weighted by atomic mass is 10.1. The molecular weight excluding hydrogens is 312 g/mol. The molecule has 3 rings (SSSR count). The summed E-state index contributed by atoms with van der Waals surface area (Å²) in [7, 11) is 0. The third kappa shape index (κ3) is 5.69. The highest BCUT2D eigenvalue weighted by Gasteiger charge is 2.11. The molecule has 0 aromatic heterocycles. The van der Waals surface area contributed by atoms with Crippen LogP contribution in [0.4, 0.5) is 0 Å². The maximum atomic E-state index is 12.2. The highest BCUT2D eigenvalue weighted by molar-refractivity contribution is 5.94. The Balaban J connectivity index is 1.41. The summed E-state index contributed by atoms with van der Waals surface area (Å²) in [6.45, 7) is 5.19. The van der Waals surface area contributed by atoms with Gasteiger partial charge in [-0.15, -0.1) is 0 Å². The number of rotatable bonds is 7. The summed E-state index contributed by atoms with van der Waals surface area (Å²) < 4.78 is 5.37. The van der Waals surface area contributed by atoms with Crippen molar-refractivity contribution in [2.24, 2.45) is 0 Å². The first-order chi connectivity index (χ1) is 12.3. The molecule has 1 aliphatic heterocycles. The van der Waals surface area contributed by atoms with Crippen molar-refractivity contribution < 1.29 is 9.53 Å². The molecular formula is C21H26N2O2. The number of carbonyl (C=O) groups is 1. The average Bonchev–Trinajstić information content (AvgIpc) is 2.67. The molecule has 25 heavy (non-hydrogen) atoms. The zero-order valence-corrected chi connectivity index (χ0v) is 14.6. The molecule has 0 bridgehead atoms. The standard InChI is InChI=1S/C21H26N2O2/c24-21(22-12-4-7-18-5-2-1-3-6-18)20-10-8-19(9-11-20)17-23-13-15-25-16-14-23/h1-3,5-6,8-11H,4,7,12-17H2,(H,22,24). The van der Waals surface area contributed by atoms with E-state index in [-0.39, 0.29) is 5.91 Å². The lowest BCUT2D eigenvalue weighted by Crippen LogP contribution is -2.35. The molecule has 0 unspecified atom stereocenters. The third-order valence-corrected chi connectivity index (χ3v) is 4.50. The second-order valence-electron chi connectivity index (χ2n) is 6.43. The summed E-state index contributed by atoms with van der Waals surface area (Å²) in [5, 5.41) is 3.00. The van der Waals surface area contributed by atoms with E-state index in [4.69, 9.17) is 4.74 Å². The third-order valence-electron chi connectivity index (χ3n) is 4.50. The summed E-state index contributed by atoms with van der Waals surface area (Å²) in [6, 6.07) is 18.3. The van der Waals surface area contributed by atoms with Gasteiger partial charge in [-0.2, -0.15) is 0 Å². The maximum Gasteiger partial charge on any atom is 0.251 e. The Morgan fingerprint density at radius 3 is 2.40 bits per heavy atom. The van der Waals surface area contributed by atoms with Crippen molar-refractivity contribution >= 4 is 5.91 Å². The predicted octanol–water partition coefficient (Wildman–Crippen LogP) is 2.88. The Morgan fingerprint density at radius 1 is 0.960 bits per heavy atom. The molecule has 132 valence electrons. The zero-order valence-electron chi connectivity index (χ0n) is 14.6. The monoisotopic (exact) mass is 338 g/mol. The van der Waals surface area contributed by atoms with Gasteiger partial charge >= 0.3 is 0 Å². The Morgan fingerprint density at radius 2 is 1.68 bits per heavy atom. The SMILES string of the molecule is O=C(NCCCc1ccccc1)c1ccc(CN2CCOCC2)cc1. The first-order valence-electron chi connectivity index (χ1n) is 9.02. The van der Waals surface area contributed by atoms with E-state index >= 15 is 0 Å². The van der Waals surface area contributed by atoms with E-state index < -0.39 is 0 Å². The van der Waals surface area contributed by atoms with E-state index in [9.17, 15) is 4.79 Å². The molecule has 0 aliphatic carbocycles. The van der Waals surface area contributed by atoms with Gasteiger partial charge in [-0.1, -0.05) is 42.5 Å². The number of nitrogens with one attached hydrogen (secondary N) is 1. The van der Waals surface area contributed by atoms with Gasteiger partial charge in [-0.25, -0.2) is 0 Å². The molecule has 2 aromatic carbocycles. The van der Waals surface area contributed by atoms with Crippen LogP contribution >= 0.6 is 0 Å². The maximum absolute atomic E-state index is 12.2. The van der Waals surface area contributed by atoms with Gasteiger partial charge in [0, 0.05) is 31.7 Å². The molecule has 0 spiro atoms. The highest BCUT2D eigenvalue weighted by Crippen LogP contribution is 2.09. The van der Waals surface area contributed by atoms with Crippen molar-refractivity contribution in [1.82, 2.24) is 10.2 Å². The molecule has 1 saturated heterocycles. The van der Waals surface area contributed by atoms with E-state index in [1.54, 1.807) is 0 Å². The van der Waals surface area contributed by atoms with Gasteiger partial charge in [-0.3, -0.25) is 9.69 Å². The minimum Gasteiger partial charge on any atom is -0.379 e. The van der Waals surface area contributed by atoms with Gasteiger partial charge in [0.2, 0.25) is 0 Å². The van der Waals surface area contributed by atoms with Gasteiger partial charge in [0.25, 0.3) is 5.91 Å². The largest absolute Gasteiger partial charge is 0.379 e. The second kappa shape index (κ2) is 9.35. The van der Waals surface area contributed by atoms with E-state index in [1.807, 2.05) is 42.5 Å². The minimum absolute atomic E-state index is 0.00554. The average molecular weight is 338 g/mol. The molecule has 1 N–H and O–H groups in total. The van der Waals surface area contributed by atoms with Crippen molar-refractivity contribution in [3.63, 3.8) is 0 Å². The van der Waals surface area contributed by atoms with Crippen LogP contribution in [0, 0.1) is 0 Å². The molecule has 0 saturated carbocycles. The Labute approximate surface area is 149 Å². The number of morpholine rings is 1. The number of carbonyl (C=O) groups excluding carboxylic acids is 1. The molecule has 4 nitrogen and oxygen atoms in total. The Hall–Kier alpha value is -2.17. The van der Waals surface area contributed by atoms with E-state index in [2.05, 4.69) is 22.3 Å². The van der Waals surface area contributed by atoms with Crippen LogP contribution in [0.15, 0.2) is 54.6 Å². The van der Waals surface area contributed by atoms with Crippen LogP contribution in [-0.4, -0.2) is 43.7 Å². The lowest BCUT2D eigenvalue weighted by molar-refractivity contribution is 0.0342. The summed E-state index contributed by atoms with van der Waals surface area (Å²) in [5.41, 5.74) is 3.28. The number of amides is 1. The van der Waals surface area contributed by atoms with Crippen molar-refractivity contribution in [1.29, 1.82) is 0 Å². The van der Waals surface area contributed by atoms with Gasteiger partial charge in [0.05, 0.1) is 13.2 Å². The quantitative estimate of drug-likeness (QED) is 0.789. The normalized spacial score (nSPS) is 15.0. The molecule has 1 amide bonds. The second-order valence-corrected chi connectivity index (χ2v) is 6.43. The van der Waals surface area contributed by atoms with E-state index in [1.165, 1.54) is 11.1 Å². The fraction of sp³-hybridized carbons (Fsp3) is 0.381. The van der Waals surface area contributed by atoms with Crippen molar-refractivity contribution in [3.8, 4) is 0 Å². The number of nitrogens with zero attached hydrogens (tertiary/aromatic N) is 1. The molecule has 1 aliphatic rings. The van der Waals surface area contributed by atoms with E-state index in [0.717, 1.165) is 51.3 Å². The topological polar surface area (TPSA) is 41.6 Å². The molecule has 0 atom stereocenters.